The van der Waals surface area contributed by atoms with Crippen LogP contribution in [0.4, 0.5) is 4.79 Å². The lowest BCUT2D eigenvalue weighted by atomic mass is 9.98. The zero-order valence-corrected chi connectivity index (χ0v) is 19.6. The monoisotopic (exact) mass is 478 g/mol. The van der Waals surface area contributed by atoms with E-state index in [1.165, 1.54) is 11.3 Å². The molecule has 1 heterocycles. The molecule has 0 bridgehead atoms. The van der Waals surface area contributed by atoms with Gasteiger partial charge in [-0.3, -0.25) is 9.59 Å². The number of fused-ring (bicyclic) bond motifs is 3. The first-order valence-corrected chi connectivity index (χ1v) is 12.0. The topological polar surface area (TPSA) is 105 Å². The lowest BCUT2D eigenvalue weighted by Gasteiger charge is -2.19. The highest BCUT2D eigenvalue weighted by molar-refractivity contribution is 7.10. The molecule has 2 aromatic carbocycles. The van der Waals surface area contributed by atoms with Crippen LogP contribution in [0.25, 0.3) is 11.1 Å². The van der Waals surface area contributed by atoms with Crippen LogP contribution in [0.15, 0.2) is 60.0 Å². The molecule has 2 amide bonds. The fourth-order valence-corrected chi connectivity index (χ4v) is 5.04. The Balaban J connectivity index is 1.39. The Bertz CT molecular complexity index is 1160. The number of aliphatic carboxylic acids is 1. The number of hydrogen-bond donors (Lipinski definition) is 3. The third-order valence-electron chi connectivity index (χ3n) is 5.99. The zero-order chi connectivity index (χ0) is 24.1. The minimum absolute atomic E-state index is 0.0330. The predicted molar refractivity (Wildman–Crippen MR) is 130 cm³/mol. The lowest BCUT2D eigenvalue weighted by molar-refractivity contribution is -0.137. The normalized spacial score (nSPS) is 13.0. The van der Waals surface area contributed by atoms with Gasteiger partial charge in [0, 0.05) is 17.2 Å². The number of aryl methyl sites for hydroxylation is 1. The van der Waals surface area contributed by atoms with Gasteiger partial charge in [-0.05, 0) is 52.6 Å². The van der Waals surface area contributed by atoms with Crippen LogP contribution in [0, 0.1) is 6.92 Å². The molecule has 0 radical (unpaired) electrons. The Morgan fingerprint density at radius 2 is 1.68 bits per heavy atom. The van der Waals surface area contributed by atoms with E-state index in [-0.39, 0.29) is 25.4 Å². The van der Waals surface area contributed by atoms with Gasteiger partial charge in [0.1, 0.15) is 12.6 Å². The Morgan fingerprint density at radius 1 is 1.03 bits per heavy atom. The standard InChI is InChI=1S/C26H26N2O5S/c1-16-12-13-34-23(16)14-27-25(31)22(10-11-24(29)30)28-26(32)33-15-21-19-8-4-2-6-17(19)18-7-3-5-9-20(18)21/h2-9,12-13,21-22H,10-11,14-15H2,1H3,(H,27,31)(H,28,32)(H,29,30). The van der Waals surface area contributed by atoms with E-state index in [9.17, 15) is 14.4 Å². The maximum atomic E-state index is 12.7. The van der Waals surface area contributed by atoms with Crippen molar-refractivity contribution in [3.63, 3.8) is 0 Å². The number of hydrogen-bond acceptors (Lipinski definition) is 5. The summed E-state index contributed by atoms with van der Waals surface area (Å²) in [6, 6.07) is 17.0. The summed E-state index contributed by atoms with van der Waals surface area (Å²) in [6.07, 6.45) is -1.03. The van der Waals surface area contributed by atoms with Crippen LogP contribution < -0.4 is 10.6 Å². The van der Waals surface area contributed by atoms with Crippen molar-refractivity contribution in [3.8, 4) is 11.1 Å². The highest BCUT2D eigenvalue weighted by Gasteiger charge is 2.30. The van der Waals surface area contributed by atoms with Gasteiger partial charge in [0.15, 0.2) is 0 Å². The minimum atomic E-state index is -1.04. The SMILES string of the molecule is Cc1ccsc1CNC(=O)C(CCC(=O)O)NC(=O)OCC1c2ccccc2-c2ccccc21. The first-order chi connectivity index (χ1) is 16.4. The average Bonchev–Trinajstić information content (AvgIpc) is 3.39. The quantitative estimate of drug-likeness (QED) is 0.422. The third-order valence-corrected chi connectivity index (χ3v) is 7.01. The van der Waals surface area contributed by atoms with Crippen LogP contribution >= 0.6 is 11.3 Å². The van der Waals surface area contributed by atoms with Gasteiger partial charge < -0.3 is 20.5 Å². The van der Waals surface area contributed by atoms with Crippen LogP contribution in [-0.2, 0) is 20.9 Å². The molecule has 0 fully saturated rings. The maximum Gasteiger partial charge on any atom is 0.407 e. The Labute approximate surface area is 201 Å². The van der Waals surface area contributed by atoms with Gasteiger partial charge in [-0.2, -0.15) is 0 Å². The van der Waals surface area contributed by atoms with E-state index in [1.54, 1.807) is 0 Å². The Morgan fingerprint density at radius 3 is 2.26 bits per heavy atom. The van der Waals surface area contributed by atoms with Gasteiger partial charge in [-0.25, -0.2) is 4.79 Å². The largest absolute Gasteiger partial charge is 0.481 e. The van der Waals surface area contributed by atoms with E-state index < -0.39 is 24.0 Å². The van der Waals surface area contributed by atoms with Crippen molar-refractivity contribution in [2.75, 3.05) is 6.61 Å². The number of amides is 2. The molecule has 0 aliphatic heterocycles. The van der Waals surface area contributed by atoms with E-state index in [4.69, 9.17) is 9.84 Å². The van der Waals surface area contributed by atoms with E-state index in [2.05, 4.69) is 22.8 Å². The number of alkyl carbamates (subject to hydrolysis) is 1. The average molecular weight is 479 g/mol. The predicted octanol–water partition coefficient (Wildman–Crippen LogP) is 4.44. The molecule has 1 aromatic heterocycles. The first kappa shape index (κ1) is 23.5. The second kappa shape index (κ2) is 10.5. The fourth-order valence-electron chi connectivity index (χ4n) is 4.19. The highest BCUT2D eigenvalue weighted by atomic mass is 32.1. The van der Waals surface area contributed by atoms with Crippen LogP contribution in [0.3, 0.4) is 0 Å². The number of thiophene rings is 1. The van der Waals surface area contributed by atoms with Crippen LogP contribution in [0.2, 0.25) is 0 Å². The van der Waals surface area contributed by atoms with E-state index in [0.717, 1.165) is 32.7 Å². The van der Waals surface area contributed by atoms with E-state index in [1.807, 2.05) is 54.8 Å². The van der Waals surface area contributed by atoms with Gasteiger partial charge >= 0.3 is 12.1 Å². The van der Waals surface area contributed by atoms with Crippen molar-refractivity contribution < 1.29 is 24.2 Å². The van der Waals surface area contributed by atoms with Crippen LogP contribution in [0.1, 0.15) is 40.3 Å². The Kier molecular flexibility index (Phi) is 7.27. The summed E-state index contributed by atoms with van der Waals surface area (Å²) < 4.78 is 5.52. The molecule has 8 heteroatoms. The summed E-state index contributed by atoms with van der Waals surface area (Å²) in [7, 11) is 0. The highest BCUT2D eigenvalue weighted by Crippen LogP contribution is 2.44. The number of carboxylic acids is 1. The van der Waals surface area contributed by atoms with Crippen molar-refractivity contribution in [3.05, 3.63) is 81.5 Å². The summed E-state index contributed by atoms with van der Waals surface area (Å²) in [5.41, 5.74) is 5.48. The molecule has 3 aromatic rings. The molecule has 1 aliphatic rings. The Hall–Kier alpha value is -3.65. The number of carbonyl (C=O) groups excluding carboxylic acids is 2. The summed E-state index contributed by atoms with van der Waals surface area (Å²) in [5, 5.41) is 16.3. The van der Waals surface area contributed by atoms with Gasteiger partial charge in [0.25, 0.3) is 0 Å². The molecular weight excluding hydrogens is 452 g/mol. The van der Waals surface area contributed by atoms with Crippen molar-refractivity contribution in [1.82, 2.24) is 10.6 Å². The second-order valence-corrected chi connectivity index (χ2v) is 9.20. The van der Waals surface area contributed by atoms with Crippen molar-refractivity contribution in [2.24, 2.45) is 0 Å². The number of ether oxygens (including phenoxy) is 1. The molecule has 4 rings (SSSR count). The van der Waals surface area contributed by atoms with Gasteiger partial charge in [-0.1, -0.05) is 48.5 Å². The van der Waals surface area contributed by atoms with E-state index in [0.29, 0.717) is 6.54 Å². The molecule has 0 spiro atoms. The van der Waals surface area contributed by atoms with Gasteiger partial charge in [-0.15, -0.1) is 11.3 Å². The first-order valence-electron chi connectivity index (χ1n) is 11.1. The lowest BCUT2D eigenvalue weighted by Crippen LogP contribution is -2.47. The molecule has 1 aliphatic carbocycles. The van der Waals surface area contributed by atoms with Crippen molar-refractivity contribution in [2.45, 2.75) is 38.3 Å². The molecule has 176 valence electrons. The molecule has 3 N–H and O–H groups in total. The molecule has 0 saturated heterocycles. The fraction of sp³-hybridized carbons (Fsp3) is 0.269. The third kappa shape index (κ3) is 5.28. The molecular formula is C26H26N2O5S. The molecule has 34 heavy (non-hydrogen) atoms. The van der Waals surface area contributed by atoms with E-state index >= 15 is 0 Å². The van der Waals surface area contributed by atoms with Crippen molar-refractivity contribution in [1.29, 1.82) is 0 Å². The minimum Gasteiger partial charge on any atom is -0.481 e. The number of carboxylic acid groups (broad SMARTS) is 1. The molecule has 7 nitrogen and oxygen atoms in total. The number of nitrogens with one attached hydrogen (secondary N) is 2. The summed E-state index contributed by atoms with van der Waals surface area (Å²) >= 11 is 1.53. The summed E-state index contributed by atoms with van der Waals surface area (Å²) in [4.78, 5) is 37.4. The number of carbonyl (C=O) groups is 3. The maximum absolute atomic E-state index is 12.7. The summed E-state index contributed by atoms with van der Waals surface area (Å²) in [5.74, 6) is -1.59. The smallest absolute Gasteiger partial charge is 0.407 e. The van der Waals surface area contributed by atoms with Gasteiger partial charge in [0.05, 0.1) is 6.54 Å². The van der Waals surface area contributed by atoms with Crippen molar-refractivity contribution >= 4 is 29.3 Å². The summed E-state index contributed by atoms with van der Waals surface area (Å²) in [6.45, 7) is 2.38. The molecule has 0 saturated carbocycles. The van der Waals surface area contributed by atoms with Crippen LogP contribution in [-0.4, -0.2) is 35.7 Å². The molecule has 1 atom stereocenters. The zero-order valence-electron chi connectivity index (χ0n) is 18.7. The van der Waals surface area contributed by atoms with Gasteiger partial charge in [0.2, 0.25) is 5.91 Å². The molecule has 1 unspecified atom stereocenters. The van der Waals surface area contributed by atoms with Crippen LogP contribution in [0.5, 0.6) is 0 Å². The second-order valence-electron chi connectivity index (χ2n) is 8.20. The number of rotatable bonds is 9. The number of benzene rings is 2.